The van der Waals surface area contributed by atoms with Crippen LogP contribution in [0.3, 0.4) is 0 Å². The maximum Gasteiger partial charge on any atom is 0.191 e. The minimum absolute atomic E-state index is 0.110. The molecule has 1 aliphatic heterocycles. The molecule has 3 rings (SSSR count). The molecular weight excluding hydrogens is 329 g/mol. The molecule has 0 aromatic heterocycles. The van der Waals surface area contributed by atoms with Crippen LogP contribution in [0.25, 0.3) is 0 Å². The van der Waals surface area contributed by atoms with Gasteiger partial charge in [-0.05, 0) is 30.5 Å². The molecule has 1 saturated heterocycles. The van der Waals surface area contributed by atoms with Crippen molar-refractivity contribution in [3.8, 4) is 0 Å². The summed E-state index contributed by atoms with van der Waals surface area (Å²) in [7, 11) is 1.77. The van der Waals surface area contributed by atoms with Crippen LogP contribution in [0, 0.1) is 17.2 Å². The van der Waals surface area contributed by atoms with Crippen molar-refractivity contribution in [3.05, 3.63) is 34.6 Å². The van der Waals surface area contributed by atoms with Gasteiger partial charge >= 0.3 is 0 Å². The Balaban J connectivity index is 1.52. The Labute approximate surface area is 147 Å². The highest BCUT2D eigenvalue weighted by Crippen LogP contribution is 2.52. The van der Waals surface area contributed by atoms with Gasteiger partial charge in [0, 0.05) is 42.6 Å². The highest BCUT2D eigenvalue weighted by molar-refractivity contribution is 6.31. The van der Waals surface area contributed by atoms with E-state index in [4.69, 9.17) is 16.3 Å². The SMILES string of the molecule is CN=C(NCCc1ccc(F)cc1Cl)NC1C2CCOC2C1(C)C. The Bertz CT molecular complexity index is 635. The van der Waals surface area contributed by atoms with E-state index < -0.39 is 0 Å². The molecule has 1 saturated carbocycles. The number of ether oxygens (including phenoxy) is 1. The van der Waals surface area contributed by atoms with Crippen LogP contribution in [-0.2, 0) is 11.2 Å². The fourth-order valence-corrected chi connectivity index (χ4v) is 4.26. The smallest absolute Gasteiger partial charge is 0.191 e. The number of fused-ring (bicyclic) bond motifs is 1. The molecule has 2 fully saturated rings. The Morgan fingerprint density at radius 2 is 2.25 bits per heavy atom. The van der Waals surface area contributed by atoms with Crippen LogP contribution in [-0.4, -0.2) is 38.3 Å². The minimum Gasteiger partial charge on any atom is -0.377 e. The zero-order valence-electron chi connectivity index (χ0n) is 14.4. The molecule has 132 valence electrons. The molecule has 24 heavy (non-hydrogen) atoms. The molecule has 1 aliphatic carbocycles. The molecule has 4 nitrogen and oxygen atoms in total. The van der Waals surface area contributed by atoms with Crippen molar-refractivity contribution in [1.29, 1.82) is 0 Å². The summed E-state index contributed by atoms with van der Waals surface area (Å²) in [6.07, 6.45) is 2.17. The zero-order valence-corrected chi connectivity index (χ0v) is 15.2. The number of rotatable bonds is 4. The molecule has 2 N–H and O–H groups in total. The van der Waals surface area contributed by atoms with Crippen LogP contribution in [0.15, 0.2) is 23.2 Å². The van der Waals surface area contributed by atoms with Gasteiger partial charge < -0.3 is 15.4 Å². The summed E-state index contributed by atoms with van der Waals surface area (Å²) in [5, 5.41) is 7.33. The van der Waals surface area contributed by atoms with Crippen molar-refractivity contribution >= 4 is 17.6 Å². The van der Waals surface area contributed by atoms with Crippen LogP contribution in [0.4, 0.5) is 4.39 Å². The lowest BCUT2D eigenvalue weighted by molar-refractivity contribution is -0.106. The number of hydrogen-bond acceptors (Lipinski definition) is 2. The molecule has 3 atom stereocenters. The molecule has 0 amide bonds. The van der Waals surface area contributed by atoms with E-state index in [1.807, 2.05) is 0 Å². The molecule has 1 heterocycles. The zero-order chi connectivity index (χ0) is 17.3. The summed E-state index contributed by atoms with van der Waals surface area (Å²) in [6, 6.07) is 4.88. The summed E-state index contributed by atoms with van der Waals surface area (Å²) < 4.78 is 18.9. The predicted octanol–water partition coefficient (Wildman–Crippen LogP) is 3.00. The highest BCUT2D eigenvalue weighted by Gasteiger charge is 2.59. The Kier molecular flexibility index (Phi) is 5.02. The number of guanidine groups is 1. The lowest BCUT2D eigenvalue weighted by Crippen LogP contribution is -2.68. The van der Waals surface area contributed by atoms with Gasteiger partial charge in [0.05, 0.1) is 6.10 Å². The van der Waals surface area contributed by atoms with E-state index in [-0.39, 0.29) is 11.2 Å². The average Bonchev–Trinajstić information content (AvgIpc) is 2.99. The highest BCUT2D eigenvalue weighted by atomic mass is 35.5. The van der Waals surface area contributed by atoms with E-state index in [9.17, 15) is 4.39 Å². The van der Waals surface area contributed by atoms with Gasteiger partial charge in [-0.1, -0.05) is 31.5 Å². The third kappa shape index (κ3) is 3.24. The maximum absolute atomic E-state index is 13.1. The Morgan fingerprint density at radius 3 is 2.96 bits per heavy atom. The van der Waals surface area contributed by atoms with E-state index in [2.05, 4.69) is 29.5 Å². The van der Waals surface area contributed by atoms with E-state index >= 15 is 0 Å². The van der Waals surface area contributed by atoms with Gasteiger partial charge in [-0.2, -0.15) is 0 Å². The fraction of sp³-hybridized carbons (Fsp3) is 0.611. The lowest BCUT2D eigenvalue weighted by Gasteiger charge is -2.54. The van der Waals surface area contributed by atoms with Crippen LogP contribution in [0.5, 0.6) is 0 Å². The van der Waals surface area contributed by atoms with Crippen LogP contribution in [0.2, 0.25) is 5.02 Å². The van der Waals surface area contributed by atoms with Gasteiger partial charge in [0.25, 0.3) is 0 Å². The fourth-order valence-electron chi connectivity index (χ4n) is 4.00. The van der Waals surface area contributed by atoms with E-state index in [1.165, 1.54) is 12.1 Å². The first-order valence-corrected chi connectivity index (χ1v) is 8.84. The van der Waals surface area contributed by atoms with Crippen molar-refractivity contribution in [2.45, 2.75) is 38.8 Å². The van der Waals surface area contributed by atoms with Crippen molar-refractivity contribution in [2.24, 2.45) is 16.3 Å². The quantitative estimate of drug-likeness (QED) is 0.646. The van der Waals surface area contributed by atoms with Crippen LogP contribution < -0.4 is 10.6 Å². The van der Waals surface area contributed by atoms with Crippen molar-refractivity contribution in [2.75, 3.05) is 20.2 Å². The normalized spacial score (nSPS) is 28.2. The number of nitrogens with zero attached hydrogens (tertiary/aromatic N) is 1. The third-order valence-corrected chi connectivity index (χ3v) is 5.67. The number of aliphatic imine (C=N–C) groups is 1. The van der Waals surface area contributed by atoms with E-state index in [1.54, 1.807) is 13.1 Å². The molecule has 1 aromatic carbocycles. The minimum atomic E-state index is -0.310. The van der Waals surface area contributed by atoms with E-state index in [0.29, 0.717) is 36.1 Å². The summed E-state index contributed by atoms with van der Waals surface area (Å²) >= 11 is 6.07. The first-order chi connectivity index (χ1) is 11.4. The van der Waals surface area contributed by atoms with Gasteiger partial charge in [0.1, 0.15) is 5.82 Å². The summed E-state index contributed by atoms with van der Waals surface area (Å²) in [4.78, 5) is 4.32. The Hall–Kier alpha value is -1.33. The maximum atomic E-state index is 13.1. The van der Waals surface area contributed by atoms with Crippen molar-refractivity contribution in [1.82, 2.24) is 10.6 Å². The van der Waals surface area contributed by atoms with Crippen molar-refractivity contribution < 1.29 is 9.13 Å². The lowest BCUT2D eigenvalue weighted by atomic mass is 9.57. The standard InChI is InChI=1S/C18H25ClFN3O/c1-18(2)15(13-7-9-24-16(13)18)23-17(21-3)22-8-6-11-4-5-12(20)10-14(11)19/h4-5,10,13,15-16H,6-9H2,1-3H3,(H2,21,22,23). The molecule has 2 aliphatic rings. The first kappa shape index (κ1) is 17.5. The molecule has 0 spiro atoms. The summed E-state index contributed by atoms with van der Waals surface area (Å²) in [5.74, 6) is 1.04. The van der Waals surface area contributed by atoms with Gasteiger partial charge in [-0.3, -0.25) is 4.99 Å². The average molecular weight is 354 g/mol. The summed E-state index contributed by atoms with van der Waals surface area (Å²) in [6.45, 7) is 6.01. The van der Waals surface area contributed by atoms with E-state index in [0.717, 1.165) is 24.6 Å². The predicted molar refractivity (Wildman–Crippen MR) is 95.0 cm³/mol. The molecule has 1 aromatic rings. The Morgan fingerprint density at radius 1 is 1.46 bits per heavy atom. The first-order valence-electron chi connectivity index (χ1n) is 8.46. The van der Waals surface area contributed by atoms with Gasteiger partial charge in [0.15, 0.2) is 5.96 Å². The molecular formula is C18H25ClFN3O. The second kappa shape index (κ2) is 6.89. The number of benzene rings is 1. The molecule has 0 bridgehead atoms. The molecule has 3 unspecified atom stereocenters. The van der Waals surface area contributed by atoms with Crippen LogP contribution >= 0.6 is 11.6 Å². The number of hydrogen-bond donors (Lipinski definition) is 2. The monoisotopic (exact) mass is 353 g/mol. The molecule has 6 heteroatoms. The molecule has 0 radical (unpaired) electrons. The van der Waals surface area contributed by atoms with Gasteiger partial charge in [-0.25, -0.2) is 4.39 Å². The van der Waals surface area contributed by atoms with Gasteiger partial charge in [0.2, 0.25) is 0 Å². The number of halogens is 2. The second-order valence-corrected chi connectivity index (χ2v) is 7.58. The number of nitrogens with one attached hydrogen (secondary N) is 2. The van der Waals surface area contributed by atoms with Gasteiger partial charge in [-0.15, -0.1) is 0 Å². The van der Waals surface area contributed by atoms with Crippen molar-refractivity contribution in [3.63, 3.8) is 0 Å². The summed E-state index contributed by atoms with van der Waals surface area (Å²) in [5.41, 5.74) is 1.04. The largest absolute Gasteiger partial charge is 0.377 e. The third-order valence-electron chi connectivity index (χ3n) is 5.32. The second-order valence-electron chi connectivity index (χ2n) is 7.17. The topological polar surface area (TPSA) is 45.7 Å². The van der Waals surface area contributed by atoms with Crippen LogP contribution in [0.1, 0.15) is 25.8 Å².